The van der Waals surface area contributed by atoms with Crippen molar-refractivity contribution in [1.29, 1.82) is 0 Å². The van der Waals surface area contributed by atoms with Crippen LogP contribution >= 0.6 is 0 Å². The minimum atomic E-state index is -4.68. The molecule has 17 heavy (non-hydrogen) atoms. The minimum Gasteiger partial charge on any atom is -0.320 e. The molecule has 1 N–H and O–H groups in total. The number of nitrogens with one attached hydrogen (secondary N) is 1. The maximum Gasteiger partial charge on any atom is 0.383 e. The lowest BCUT2D eigenvalue weighted by Crippen LogP contribution is -2.41. The molecule has 0 aliphatic rings. The van der Waals surface area contributed by atoms with E-state index in [0.29, 0.717) is 5.56 Å². The van der Waals surface area contributed by atoms with Crippen molar-refractivity contribution < 1.29 is 22.4 Å². The van der Waals surface area contributed by atoms with Gasteiger partial charge in [-0.25, -0.2) is 8.78 Å². The molecule has 0 aliphatic carbocycles. The fourth-order valence-corrected chi connectivity index (χ4v) is 1.26. The lowest BCUT2D eigenvalue weighted by Gasteiger charge is -2.16. The zero-order valence-electron chi connectivity index (χ0n) is 9.23. The van der Waals surface area contributed by atoms with Gasteiger partial charge in [-0.2, -0.15) is 8.78 Å². The highest BCUT2D eigenvalue weighted by molar-refractivity contribution is 5.97. The smallest absolute Gasteiger partial charge is 0.320 e. The van der Waals surface area contributed by atoms with Crippen LogP contribution in [0.15, 0.2) is 18.2 Å². The monoisotopic (exact) mass is 249 g/mol. The number of rotatable bonds is 3. The molecule has 0 saturated carbocycles. The Morgan fingerprint density at radius 3 is 2.35 bits per heavy atom. The molecule has 0 radical (unpaired) electrons. The first-order valence-corrected chi connectivity index (χ1v) is 4.80. The summed E-state index contributed by atoms with van der Waals surface area (Å²) in [4.78, 5) is 11.0. The van der Waals surface area contributed by atoms with Crippen LogP contribution in [0, 0.1) is 13.8 Å². The molecule has 0 atom stereocenters. The standard InChI is InChI=1S/C11H11F4NO/c1-6-3-4-8(7(2)5-6)16-10(17)11(14,15)9(12)13/h3-5,9H,1-2H3,(H,16,17). The summed E-state index contributed by atoms with van der Waals surface area (Å²) < 4.78 is 49.2. The Labute approximate surface area is 95.6 Å². The average molecular weight is 249 g/mol. The highest BCUT2D eigenvalue weighted by Crippen LogP contribution is 2.25. The van der Waals surface area contributed by atoms with Crippen molar-refractivity contribution in [2.75, 3.05) is 5.32 Å². The molecule has 94 valence electrons. The van der Waals surface area contributed by atoms with Crippen LogP contribution in [0.5, 0.6) is 0 Å². The summed E-state index contributed by atoms with van der Waals surface area (Å²) in [5.41, 5.74) is 1.51. The van der Waals surface area contributed by atoms with Gasteiger partial charge in [0.25, 0.3) is 0 Å². The number of alkyl halides is 4. The second-order valence-corrected chi connectivity index (χ2v) is 3.70. The van der Waals surface area contributed by atoms with E-state index in [4.69, 9.17) is 0 Å². The number of amides is 1. The van der Waals surface area contributed by atoms with Gasteiger partial charge in [0.05, 0.1) is 0 Å². The van der Waals surface area contributed by atoms with Crippen LogP contribution < -0.4 is 5.32 Å². The molecule has 0 aliphatic heterocycles. The number of hydrogen-bond donors (Lipinski definition) is 1. The van der Waals surface area contributed by atoms with E-state index in [1.165, 1.54) is 6.07 Å². The van der Waals surface area contributed by atoms with Crippen molar-refractivity contribution in [3.63, 3.8) is 0 Å². The molecule has 2 nitrogen and oxygen atoms in total. The maximum atomic E-state index is 12.7. The molecule has 0 unspecified atom stereocenters. The molecule has 0 aromatic heterocycles. The van der Waals surface area contributed by atoms with Gasteiger partial charge in [0.15, 0.2) is 0 Å². The Morgan fingerprint density at radius 1 is 1.29 bits per heavy atom. The Balaban J connectivity index is 2.89. The van der Waals surface area contributed by atoms with Crippen molar-refractivity contribution in [1.82, 2.24) is 0 Å². The summed E-state index contributed by atoms with van der Waals surface area (Å²) in [6.45, 7) is 3.37. The van der Waals surface area contributed by atoms with E-state index < -0.39 is 18.3 Å². The fourth-order valence-electron chi connectivity index (χ4n) is 1.26. The van der Waals surface area contributed by atoms with E-state index in [2.05, 4.69) is 0 Å². The topological polar surface area (TPSA) is 29.1 Å². The second-order valence-electron chi connectivity index (χ2n) is 3.70. The van der Waals surface area contributed by atoms with Gasteiger partial charge >= 0.3 is 18.3 Å². The molecule has 6 heteroatoms. The molecule has 1 rings (SSSR count). The van der Waals surface area contributed by atoms with Crippen LogP contribution in [0.2, 0.25) is 0 Å². The largest absolute Gasteiger partial charge is 0.383 e. The third-order valence-corrected chi connectivity index (χ3v) is 2.21. The molecule has 0 fully saturated rings. The SMILES string of the molecule is Cc1ccc(NC(=O)C(F)(F)C(F)F)c(C)c1. The summed E-state index contributed by atoms with van der Waals surface area (Å²) in [5.74, 6) is -6.68. The van der Waals surface area contributed by atoms with Gasteiger partial charge in [-0.3, -0.25) is 4.79 Å². The zero-order chi connectivity index (χ0) is 13.2. The first kappa shape index (κ1) is 13.5. The summed E-state index contributed by atoms with van der Waals surface area (Å²) in [5, 5.41) is 1.79. The zero-order valence-corrected chi connectivity index (χ0v) is 9.23. The van der Waals surface area contributed by atoms with Crippen molar-refractivity contribution >= 4 is 11.6 Å². The van der Waals surface area contributed by atoms with E-state index in [-0.39, 0.29) is 5.69 Å². The Morgan fingerprint density at radius 2 is 1.88 bits per heavy atom. The number of anilines is 1. The number of aryl methyl sites for hydroxylation is 2. The van der Waals surface area contributed by atoms with Gasteiger partial charge in [0.1, 0.15) is 0 Å². The first-order chi connectivity index (χ1) is 7.75. The van der Waals surface area contributed by atoms with E-state index in [1.807, 2.05) is 0 Å². The Bertz CT molecular complexity index is 431. The predicted octanol–water partition coefficient (Wildman–Crippen LogP) is 3.14. The Hall–Kier alpha value is -1.59. The highest BCUT2D eigenvalue weighted by atomic mass is 19.3. The molecule has 1 amide bonds. The fraction of sp³-hybridized carbons (Fsp3) is 0.364. The van der Waals surface area contributed by atoms with E-state index in [1.54, 1.807) is 31.3 Å². The predicted molar refractivity (Wildman–Crippen MR) is 55.5 cm³/mol. The molecule has 0 bridgehead atoms. The minimum absolute atomic E-state index is 0.0981. The van der Waals surface area contributed by atoms with Crippen LogP contribution in [0.3, 0.4) is 0 Å². The maximum absolute atomic E-state index is 12.7. The van der Waals surface area contributed by atoms with E-state index >= 15 is 0 Å². The van der Waals surface area contributed by atoms with Crippen LogP contribution in [-0.2, 0) is 4.79 Å². The van der Waals surface area contributed by atoms with Gasteiger partial charge in [0, 0.05) is 5.69 Å². The molecular weight excluding hydrogens is 238 g/mol. The third kappa shape index (κ3) is 2.95. The van der Waals surface area contributed by atoms with Crippen LogP contribution in [0.25, 0.3) is 0 Å². The summed E-state index contributed by atoms with van der Waals surface area (Å²) in [6, 6.07) is 4.63. The third-order valence-electron chi connectivity index (χ3n) is 2.21. The molecule has 0 heterocycles. The van der Waals surface area contributed by atoms with E-state index in [0.717, 1.165) is 5.56 Å². The lowest BCUT2D eigenvalue weighted by atomic mass is 10.1. The number of carbonyl (C=O) groups excluding carboxylic acids is 1. The molecule has 0 spiro atoms. The highest BCUT2D eigenvalue weighted by Gasteiger charge is 2.49. The van der Waals surface area contributed by atoms with Crippen molar-refractivity contribution in [2.24, 2.45) is 0 Å². The van der Waals surface area contributed by atoms with Gasteiger partial charge < -0.3 is 5.32 Å². The molecule has 0 saturated heterocycles. The number of carbonyl (C=O) groups is 1. The van der Waals surface area contributed by atoms with Gasteiger partial charge in [-0.15, -0.1) is 0 Å². The second kappa shape index (κ2) is 4.73. The van der Waals surface area contributed by atoms with E-state index in [9.17, 15) is 22.4 Å². The lowest BCUT2D eigenvalue weighted by molar-refractivity contribution is -0.163. The van der Waals surface area contributed by atoms with Gasteiger partial charge in [0.2, 0.25) is 0 Å². The van der Waals surface area contributed by atoms with Crippen molar-refractivity contribution in [3.8, 4) is 0 Å². The first-order valence-electron chi connectivity index (χ1n) is 4.80. The van der Waals surface area contributed by atoms with Crippen molar-refractivity contribution in [3.05, 3.63) is 29.3 Å². The molecule has 1 aromatic carbocycles. The molecular formula is C11H11F4NO. The van der Waals surface area contributed by atoms with Crippen LogP contribution in [0.1, 0.15) is 11.1 Å². The van der Waals surface area contributed by atoms with Gasteiger partial charge in [-0.05, 0) is 25.5 Å². The number of benzene rings is 1. The number of halogens is 4. The number of hydrogen-bond acceptors (Lipinski definition) is 1. The summed E-state index contributed by atoms with van der Waals surface area (Å²) in [6.07, 6.45) is -4.02. The molecule has 1 aromatic rings. The normalized spacial score (nSPS) is 11.7. The summed E-state index contributed by atoms with van der Waals surface area (Å²) in [7, 11) is 0. The quantitative estimate of drug-likeness (QED) is 0.819. The average Bonchev–Trinajstić information content (AvgIpc) is 2.21. The van der Waals surface area contributed by atoms with Crippen LogP contribution in [-0.4, -0.2) is 18.3 Å². The van der Waals surface area contributed by atoms with Gasteiger partial charge in [-0.1, -0.05) is 17.7 Å². The Kier molecular flexibility index (Phi) is 3.75. The summed E-state index contributed by atoms with van der Waals surface area (Å²) >= 11 is 0. The van der Waals surface area contributed by atoms with Crippen molar-refractivity contribution in [2.45, 2.75) is 26.2 Å². The van der Waals surface area contributed by atoms with Crippen LogP contribution in [0.4, 0.5) is 23.2 Å².